The highest BCUT2D eigenvalue weighted by Crippen LogP contribution is 2.19. The van der Waals surface area contributed by atoms with Crippen molar-refractivity contribution >= 4 is 39.2 Å². The lowest BCUT2D eigenvalue weighted by Crippen LogP contribution is -2.57. The molecule has 0 spiro atoms. The van der Waals surface area contributed by atoms with E-state index in [-0.39, 0.29) is 29.5 Å². The number of benzene rings is 2. The number of amides is 3. The summed E-state index contributed by atoms with van der Waals surface area (Å²) in [6.07, 6.45) is 0.355. The molecule has 1 atom stereocenters. The number of carbonyl (C=O) groups excluding carboxylic acids is 3. The normalized spacial score (nSPS) is 15.1. The Labute approximate surface area is 198 Å². The van der Waals surface area contributed by atoms with Crippen LogP contribution in [0.15, 0.2) is 53.4 Å². The van der Waals surface area contributed by atoms with Crippen molar-refractivity contribution in [3.63, 3.8) is 0 Å². The molecule has 33 heavy (non-hydrogen) atoms. The van der Waals surface area contributed by atoms with Gasteiger partial charge in [-0.15, -0.1) is 0 Å². The average Bonchev–Trinajstić information content (AvgIpc) is 2.81. The molecule has 1 N–H and O–H groups in total. The van der Waals surface area contributed by atoms with Gasteiger partial charge in [0.05, 0.1) is 4.90 Å². The van der Waals surface area contributed by atoms with Crippen LogP contribution in [0.2, 0.25) is 5.02 Å². The van der Waals surface area contributed by atoms with Gasteiger partial charge in [0.15, 0.2) is 0 Å². The van der Waals surface area contributed by atoms with Gasteiger partial charge in [-0.25, -0.2) is 8.42 Å². The number of aryl methyl sites for hydroxylation is 1. The molecule has 1 aliphatic heterocycles. The molecule has 0 aliphatic carbocycles. The molecule has 2 aromatic carbocycles. The minimum Gasteiger partial charge on any atom is -0.339 e. The van der Waals surface area contributed by atoms with Crippen molar-refractivity contribution in [1.82, 2.24) is 15.1 Å². The molecule has 8 nitrogen and oxygen atoms in total. The lowest BCUT2D eigenvalue weighted by molar-refractivity contribution is -0.139. The van der Waals surface area contributed by atoms with Crippen molar-refractivity contribution < 1.29 is 22.8 Å². The number of hydrogen-bond donors (Lipinski definition) is 1. The van der Waals surface area contributed by atoms with E-state index in [1.54, 1.807) is 36.1 Å². The fraction of sp³-hybridized carbons (Fsp3) is 0.348. The molecule has 10 heteroatoms. The SMILES string of the molecule is CCC(=O)N1CCN(C(=O)[C@H](NC(=O)c2cccc(Cl)c2)S(=O)(=O)c2ccc(C)cc2)CC1. The maximum atomic E-state index is 13.4. The topological polar surface area (TPSA) is 104 Å². The molecule has 2 aromatic rings. The van der Waals surface area contributed by atoms with Crippen molar-refractivity contribution in [3.8, 4) is 0 Å². The highest BCUT2D eigenvalue weighted by molar-refractivity contribution is 7.92. The van der Waals surface area contributed by atoms with Gasteiger partial charge in [0.1, 0.15) is 0 Å². The van der Waals surface area contributed by atoms with E-state index in [0.717, 1.165) is 5.56 Å². The predicted octanol–water partition coefficient (Wildman–Crippen LogP) is 2.26. The number of hydrogen-bond acceptors (Lipinski definition) is 5. The van der Waals surface area contributed by atoms with E-state index in [4.69, 9.17) is 11.6 Å². The Kier molecular flexibility index (Phi) is 7.76. The first kappa shape index (κ1) is 24.7. The van der Waals surface area contributed by atoms with E-state index < -0.39 is 27.0 Å². The fourth-order valence-corrected chi connectivity index (χ4v) is 5.19. The summed E-state index contributed by atoms with van der Waals surface area (Å²) in [5.41, 5.74) is 0.995. The first-order valence-corrected chi connectivity index (χ1v) is 12.5. The lowest BCUT2D eigenvalue weighted by atomic mass is 10.2. The van der Waals surface area contributed by atoms with Gasteiger partial charge in [-0.05, 0) is 37.3 Å². The largest absolute Gasteiger partial charge is 0.339 e. The van der Waals surface area contributed by atoms with Gasteiger partial charge in [0, 0.05) is 43.2 Å². The number of halogens is 1. The smallest absolute Gasteiger partial charge is 0.261 e. The molecule has 0 unspecified atom stereocenters. The zero-order valence-electron chi connectivity index (χ0n) is 18.5. The standard InChI is InChI=1S/C23H26ClN3O5S/c1-3-20(28)26-11-13-27(14-12-26)23(30)22(25-21(29)17-5-4-6-18(24)15-17)33(31,32)19-9-7-16(2)8-10-19/h4-10,15,22H,3,11-14H2,1-2H3,(H,25,29)/t22-/m1/s1. The van der Waals surface area contributed by atoms with Gasteiger partial charge in [0.25, 0.3) is 11.8 Å². The van der Waals surface area contributed by atoms with Gasteiger partial charge in [0.2, 0.25) is 21.1 Å². The van der Waals surface area contributed by atoms with Crippen LogP contribution in [-0.2, 0) is 19.4 Å². The van der Waals surface area contributed by atoms with Gasteiger partial charge in [-0.2, -0.15) is 0 Å². The van der Waals surface area contributed by atoms with E-state index in [9.17, 15) is 22.8 Å². The van der Waals surface area contributed by atoms with Crippen LogP contribution in [0.4, 0.5) is 0 Å². The van der Waals surface area contributed by atoms with Crippen molar-refractivity contribution in [2.75, 3.05) is 26.2 Å². The third-order valence-electron chi connectivity index (χ3n) is 5.48. The zero-order chi connectivity index (χ0) is 24.2. The van der Waals surface area contributed by atoms with Crippen LogP contribution >= 0.6 is 11.6 Å². The Balaban J connectivity index is 1.89. The monoisotopic (exact) mass is 491 g/mol. The van der Waals surface area contributed by atoms with E-state index in [0.29, 0.717) is 24.5 Å². The second kappa shape index (κ2) is 10.4. The second-order valence-electron chi connectivity index (χ2n) is 7.78. The Bertz CT molecular complexity index is 1140. The summed E-state index contributed by atoms with van der Waals surface area (Å²) in [4.78, 5) is 41.1. The number of carbonyl (C=O) groups is 3. The number of sulfone groups is 1. The average molecular weight is 492 g/mol. The number of rotatable bonds is 6. The maximum absolute atomic E-state index is 13.4. The van der Waals surface area contributed by atoms with E-state index in [1.165, 1.54) is 29.2 Å². The summed E-state index contributed by atoms with van der Waals surface area (Å²) in [5, 5.41) is 0.888. The summed E-state index contributed by atoms with van der Waals surface area (Å²) in [5.74, 6) is -1.50. The minimum absolute atomic E-state index is 0.0276. The van der Waals surface area contributed by atoms with Crippen LogP contribution in [-0.4, -0.2) is 67.5 Å². The van der Waals surface area contributed by atoms with Crippen LogP contribution < -0.4 is 5.32 Å². The maximum Gasteiger partial charge on any atom is 0.261 e. The molecular weight excluding hydrogens is 466 g/mol. The molecule has 0 aromatic heterocycles. The van der Waals surface area contributed by atoms with Gasteiger partial charge in [-0.3, -0.25) is 14.4 Å². The molecule has 0 bridgehead atoms. The van der Waals surface area contributed by atoms with Crippen LogP contribution in [0.25, 0.3) is 0 Å². The number of nitrogens with zero attached hydrogens (tertiary/aromatic N) is 2. The minimum atomic E-state index is -4.25. The zero-order valence-corrected chi connectivity index (χ0v) is 20.0. The predicted molar refractivity (Wildman–Crippen MR) is 125 cm³/mol. The Morgan fingerprint density at radius 1 is 1.00 bits per heavy atom. The molecule has 1 saturated heterocycles. The number of nitrogens with one attached hydrogen (secondary N) is 1. The summed E-state index contributed by atoms with van der Waals surface area (Å²) in [6.45, 7) is 4.54. The third-order valence-corrected chi connectivity index (χ3v) is 7.58. The second-order valence-corrected chi connectivity index (χ2v) is 10.3. The summed E-state index contributed by atoms with van der Waals surface area (Å²) >= 11 is 5.96. The highest BCUT2D eigenvalue weighted by Gasteiger charge is 2.39. The van der Waals surface area contributed by atoms with Crippen molar-refractivity contribution in [2.24, 2.45) is 0 Å². The molecule has 1 fully saturated rings. The van der Waals surface area contributed by atoms with E-state index in [1.807, 2.05) is 6.92 Å². The molecule has 1 heterocycles. The lowest BCUT2D eigenvalue weighted by Gasteiger charge is -2.36. The molecular formula is C23H26ClN3O5S. The summed E-state index contributed by atoms with van der Waals surface area (Å²) < 4.78 is 26.9. The summed E-state index contributed by atoms with van der Waals surface area (Å²) in [6, 6.07) is 12.1. The third kappa shape index (κ3) is 5.72. The first-order chi connectivity index (χ1) is 15.6. The van der Waals surface area contributed by atoms with Crippen LogP contribution in [0.1, 0.15) is 29.3 Å². The van der Waals surface area contributed by atoms with Crippen LogP contribution in [0, 0.1) is 6.92 Å². The summed E-state index contributed by atoms with van der Waals surface area (Å²) in [7, 11) is -4.25. The van der Waals surface area contributed by atoms with E-state index in [2.05, 4.69) is 5.32 Å². The quantitative estimate of drug-likeness (QED) is 0.667. The van der Waals surface area contributed by atoms with Crippen molar-refractivity contribution in [1.29, 1.82) is 0 Å². The van der Waals surface area contributed by atoms with Crippen molar-refractivity contribution in [3.05, 3.63) is 64.7 Å². The van der Waals surface area contributed by atoms with Gasteiger partial charge >= 0.3 is 0 Å². The molecule has 1 aliphatic rings. The van der Waals surface area contributed by atoms with Gasteiger partial charge < -0.3 is 15.1 Å². The molecule has 176 valence electrons. The highest BCUT2D eigenvalue weighted by atomic mass is 35.5. The fourth-order valence-electron chi connectivity index (χ4n) is 3.53. The Morgan fingerprint density at radius 2 is 1.61 bits per heavy atom. The molecule has 0 saturated carbocycles. The molecule has 3 amide bonds. The first-order valence-electron chi connectivity index (χ1n) is 10.6. The Morgan fingerprint density at radius 3 is 2.18 bits per heavy atom. The van der Waals surface area contributed by atoms with Gasteiger partial charge in [-0.1, -0.05) is 42.3 Å². The van der Waals surface area contributed by atoms with E-state index >= 15 is 0 Å². The number of piperazine rings is 1. The molecule has 3 rings (SSSR count). The van der Waals surface area contributed by atoms with Crippen LogP contribution in [0.3, 0.4) is 0 Å². The Hall–Kier alpha value is -2.91. The van der Waals surface area contributed by atoms with Crippen LogP contribution in [0.5, 0.6) is 0 Å². The molecule has 0 radical (unpaired) electrons. The van der Waals surface area contributed by atoms with Crippen molar-refractivity contribution in [2.45, 2.75) is 30.5 Å².